The molecule has 4 fully saturated rings. The van der Waals surface area contributed by atoms with Crippen molar-refractivity contribution in [2.75, 3.05) is 26.4 Å². The van der Waals surface area contributed by atoms with Gasteiger partial charge in [0, 0.05) is 13.8 Å². The maximum Gasteiger partial charge on any atom is 0.397 e. The molecule has 0 radical (unpaired) electrons. The van der Waals surface area contributed by atoms with E-state index in [1.807, 2.05) is 0 Å². The van der Waals surface area contributed by atoms with E-state index in [4.69, 9.17) is 37.7 Å². The summed E-state index contributed by atoms with van der Waals surface area (Å²) in [6, 6.07) is -3.58. The molecule has 344 valence electrons. The van der Waals surface area contributed by atoms with Crippen molar-refractivity contribution in [1.29, 1.82) is 0 Å². The number of aliphatic hydroxyl groups excluding tert-OH is 10. The van der Waals surface area contributed by atoms with E-state index in [9.17, 15) is 82.0 Å². The Morgan fingerprint density at radius 2 is 0.915 bits per heavy atom. The first-order valence-electron chi connectivity index (χ1n) is 17.4. The minimum absolute atomic E-state index is 0.848. The molecule has 20 atom stereocenters. The Hall–Kier alpha value is -2.00. The zero-order chi connectivity index (χ0) is 44.3. The van der Waals surface area contributed by atoms with Gasteiger partial charge in [0.1, 0.15) is 97.5 Å². The van der Waals surface area contributed by atoms with Crippen LogP contribution >= 0.6 is 0 Å². The summed E-state index contributed by atoms with van der Waals surface area (Å²) in [5.74, 6) is -1.74. The average molecular weight is 909 g/mol. The topological polar surface area (TPSA) is 452 Å². The van der Waals surface area contributed by atoms with Gasteiger partial charge in [0.05, 0.1) is 26.4 Å². The van der Waals surface area contributed by atoms with Gasteiger partial charge in [0.25, 0.3) is 0 Å². The predicted molar refractivity (Wildman–Crippen MR) is 178 cm³/mol. The van der Waals surface area contributed by atoms with Crippen LogP contribution in [0.2, 0.25) is 0 Å². The van der Waals surface area contributed by atoms with Gasteiger partial charge in [-0.1, -0.05) is 0 Å². The van der Waals surface area contributed by atoms with Gasteiger partial charge in [-0.05, 0) is 0 Å². The number of rotatable bonds is 16. The van der Waals surface area contributed by atoms with Crippen LogP contribution in [0.4, 0.5) is 0 Å². The minimum Gasteiger partial charge on any atom is -0.394 e. The van der Waals surface area contributed by atoms with Gasteiger partial charge in [0.2, 0.25) is 11.8 Å². The molecule has 4 aliphatic heterocycles. The Morgan fingerprint density at radius 3 is 1.39 bits per heavy atom. The van der Waals surface area contributed by atoms with Crippen LogP contribution < -0.4 is 10.6 Å². The zero-order valence-corrected chi connectivity index (χ0v) is 32.3. The van der Waals surface area contributed by atoms with E-state index in [-0.39, 0.29) is 0 Å². The van der Waals surface area contributed by atoms with Gasteiger partial charge in [-0.15, -0.1) is 0 Å². The average Bonchev–Trinajstić information content (AvgIpc) is 3.13. The second-order valence-corrected chi connectivity index (χ2v) is 15.9. The molecule has 4 aliphatic rings. The summed E-state index contributed by atoms with van der Waals surface area (Å²) in [5.41, 5.74) is 0. The fourth-order valence-electron chi connectivity index (χ4n) is 6.63. The number of carbonyl (C=O) groups is 2. The number of carbonyl (C=O) groups excluding carboxylic acids is 2. The second-order valence-electron chi connectivity index (χ2n) is 13.7. The highest BCUT2D eigenvalue weighted by atomic mass is 32.3. The number of nitrogens with one attached hydrogen (secondary N) is 2. The zero-order valence-electron chi connectivity index (χ0n) is 30.7. The Bertz CT molecular complexity index is 1630. The largest absolute Gasteiger partial charge is 0.397 e. The van der Waals surface area contributed by atoms with Gasteiger partial charge < -0.3 is 94.9 Å². The van der Waals surface area contributed by atoms with Crippen molar-refractivity contribution >= 4 is 32.6 Å². The SMILES string of the molecule is CC(=O)NC1C(OC2C(O)C(CO)OC(OC3C(COS(=O)(=O)O)OC(OC4C(O)C(O)OC(CO)C4O)C(NC(C)=O)C3O)C2O)OC(COS(=O)(=O)O)C(O)C1O. The lowest BCUT2D eigenvalue weighted by atomic mass is 9.94. The second kappa shape index (κ2) is 20.5. The lowest BCUT2D eigenvalue weighted by Crippen LogP contribution is -2.70. The predicted octanol–water partition coefficient (Wildman–Crippen LogP) is -9.81. The van der Waals surface area contributed by atoms with Crippen molar-refractivity contribution in [3.8, 4) is 0 Å². The first-order valence-corrected chi connectivity index (χ1v) is 20.1. The highest BCUT2D eigenvalue weighted by Gasteiger charge is 2.56. The molecule has 0 spiro atoms. The molecule has 0 aliphatic carbocycles. The van der Waals surface area contributed by atoms with Crippen LogP contribution in [0.3, 0.4) is 0 Å². The van der Waals surface area contributed by atoms with Gasteiger partial charge >= 0.3 is 20.8 Å². The highest BCUT2D eigenvalue weighted by molar-refractivity contribution is 7.81. The first-order chi connectivity index (χ1) is 27.4. The maximum absolute atomic E-state index is 12.3. The lowest BCUT2D eigenvalue weighted by molar-refractivity contribution is -0.376. The molecule has 4 heterocycles. The molecule has 0 saturated carbocycles. The fourth-order valence-corrected chi connectivity index (χ4v) is 7.24. The minimum atomic E-state index is -5.30. The molecule has 59 heavy (non-hydrogen) atoms. The Labute approximate surface area is 334 Å². The van der Waals surface area contributed by atoms with Crippen molar-refractivity contribution < 1.29 is 128 Å². The van der Waals surface area contributed by atoms with E-state index >= 15 is 0 Å². The van der Waals surface area contributed by atoms with E-state index < -0.39 is 182 Å². The van der Waals surface area contributed by atoms with Gasteiger partial charge in [-0.3, -0.25) is 18.7 Å². The first kappa shape index (κ1) is 49.7. The number of hydrogen-bond acceptors (Lipinski definition) is 25. The van der Waals surface area contributed by atoms with Crippen LogP contribution in [0.5, 0.6) is 0 Å². The van der Waals surface area contributed by atoms with Crippen LogP contribution in [0, 0.1) is 0 Å². The van der Waals surface area contributed by atoms with Crippen LogP contribution in [-0.2, 0) is 71.9 Å². The summed E-state index contributed by atoms with van der Waals surface area (Å²) in [6.07, 6.45) is -36.0. The molecule has 29 nitrogen and oxygen atoms in total. The Morgan fingerprint density at radius 1 is 0.508 bits per heavy atom. The Balaban J connectivity index is 1.66. The van der Waals surface area contributed by atoms with E-state index in [0.29, 0.717) is 0 Å². The van der Waals surface area contributed by atoms with Gasteiger partial charge in [-0.25, -0.2) is 8.37 Å². The fraction of sp³-hybridized carbons (Fsp3) is 0.929. The summed E-state index contributed by atoms with van der Waals surface area (Å²) in [6.45, 7) is -2.45. The molecule has 0 aromatic carbocycles. The molecule has 4 rings (SSSR count). The van der Waals surface area contributed by atoms with Crippen LogP contribution in [-0.4, -0.2) is 238 Å². The quantitative estimate of drug-likeness (QED) is 0.0639. The molecule has 4 saturated heterocycles. The summed E-state index contributed by atoms with van der Waals surface area (Å²) in [4.78, 5) is 24.3. The third kappa shape index (κ3) is 12.6. The summed E-state index contributed by atoms with van der Waals surface area (Å²) in [5, 5.41) is 111. The molecule has 31 heteroatoms. The smallest absolute Gasteiger partial charge is 0.394 e. The molecule has 14 N–H and O–H groups in total. The standard InChI is InChI=1S/C28H48N2O27S2/c1-7(33)29-13-18(38)15(35)11(5-49-58(43,44)45)53-26(13)57-24-17(37)10(4-32)52-28(21(24)41)55-22-12(6-50-59(46,47)48)54-27(14(19(22)39)30-8(2)34)56-23-16(36)9(3-31)51-25(42)20(23)40/h9-28,31-32,35-42H,3-6H2,1-2H3,(H,29,33)(H,30,34)(H,43,44,45)(H,46,47,48). The molecule has 0 aromatic rings. The summed E-state index contributed by atoms with van der Waals surface area (Å²) in [7, 11) is -10.4. The Kier molecular flexibility index (Phi) is 17.2. The van der Waals surface area contributed by atoms with Crippen molar-refractivity contribution in [2.24, 2.45) is 0 Å². The van der Waals surface area contributed by atoms with Crippen molar-refractivity contribution in [1.82, 2.24) is 10.6 Å². The molecule has 20 unspecified atom stereocenters. The summed E-state index contributed by atoms with van der Waals surface area (Å²) >= 11 is 0. The molecular weight excluding hydrogens is 860 g/mol. The maximum atomic E-state index is 12.3. The van der Waals surface area contributed by atoms with E-state index in [1.165, 1.54) is 0 Å². The van der Waals surface area contributed by atoms with E-state index in [1.54, 1.807) is 0 Å². The monoisotopic (exact) mass is 908 g/mol. The number of amides is 2. The molecule has 0 aromatic heterocycles. The van der Waals surface area contributed by atoms with Crippen LogP contribution in [0.1, 0.15) is 13.8 Å². The number of ether oxygens (including phenoxy) is 7. The highest BCUT2D eigenvalue weighted by Crippen LogP contribution is 2.35. The van der Waals surface area contributed by atoms with Gasteiger partial charge in [0.15, 0.2) is 25.2 Å². The van der Waals surface area contributed by atoms with Crippen LogP contribution in [0.15, 0.2) is 0 Å². The van der Waals surface area contributed by atoms with Crippen molar-refractivity contribution in [3.05, 3.63) is 0 Å². The normalized spacial score (nSPS) is 43.5. The van der Waals surface area contributed by atoms with Crippen molar-refractivity contribution in [3.63, 3.8) is 0 Å². The summed E-state index contributed by atoms with van der Waals surface area (Å²) < 4.78 is 111. The van der Waals surface area contributed by atoms with E-state index in [2.05, 4.69) is 19.0 Å². The number of hydrogen-bond donors (Lipinski definition) is 14. The van der Waals surface area contributed by atoms with Gasteiger partial charge in [-0.2, -0.15) is 16.8 Å². The number of aliphatic hydroxyl groups is 10. The molecule has 2 amide bonds. The van der Waals surface area contributed by atoms with Crippen molar-refractivity contribution in [2.45, 2.75) is 137 Å². The molecular formula is C28H48N2O27S2. The van der Waals surface area contributed by atoms with Crippen LogP contribution in [0.25, 0.3) is 0 Å². The molecule has 0 bridgehead atoms. The third-order valence-corrected chi connectivity index (χ3v) is 10.3. The third-order valence-electron chi connectivity index (χ3n) is 9.41. The lowest BCUT2D eigenvalue weighted by Gasteiger charge is -2.50. The van der Waals surface area contributed by atoms with E-state index in [0.717, 1.165) is 13.8 Å².